The second-order valence-corrected chi connectivity index (χ2v) is 2.98. The van der Waals surface area contributed by atoms with Crippen molar-refractivity contribution in [3.63, 3.8) is 0 Å². The number of carbonyl (C=O) groups excluding carboxylic acids is 1. The van der Waals surface area contributed by atoms with Crippen LogP contribution in [0.5, 0.6) is 0 Å². The van der Waals surface area contributed by atoms with Crippen LogP contribution in [-0.4, -0.2) is 10.8 Å². The highest BCUT2D eigenvalue weighted by Gasteiger charge is 2.09. The average Bonchev–Trinajstić information content (AvgIpc) is 2.03. The van der Waals surface area contributed by atoms with Gasteiger partial charge in [-0.05, 0) is 19.4 Å². The number of hydrogen-bond acceptors (Lipinski definition) is 3. The zero-order valence-electron chi connectivity index (χ0n) is 7.79. The molecule has 1 aromatic heterocycles. The molecule has 1 rings (SSSR count). The van der Waals surface area contributed by atoms with E-state index < -0.39 is 0 Å². The molecule has 0 aromatic carbocycles. The van der Waals surface area contributed by atoms with Gasteiger partial charge in [0.15, 0.2) is 5.78 Å². The molecule has 2 N–H and O–H groups in total. The predicted octanol–water partition coefficient (Wildman–Crippen LogP) is 1.90. The minimum absolute atomic E-state index is 0.0758. The Morgan fingerprint density at radius 3 is 2.38 bits per heavy atom. The van der Waals surface area contributed by atoms with Crippen molar-refractivity contribution in [2.45, 2.75) is 13.8 Å². The molecule has 1 heterocycles. The number of allylic oxidation sites excluding steroid dienone is 1. The molecule has 0 aliphatic carbocycles. The normalized spacial score (nSPS) is 9.69. The van der Waals surface area contributed by atoms with Gasteiger partial charge in [-0.25, -0.2) is 0 Å². The van der Waals surface area contributed by atoms with E-state index in [0.717, 1.165) is 11.1 Å². The highest BCUT2D eigenvalue weighted by atomic mass is 16.1. The molecule has 0 fully saturated rings. The van der Waals surface area contributed by atoms with Gasteiger partial charge in [-0.3, -0.25) is 9.78 Å². The molecule has 0 radical (unpaired) electrons. The summed E-state index contributed by atoms with van der Waals surface area (Å²) >= 11 is 0. The summed E-state index contributed by atoms with van der Waals surface area (Å²) in [7, 11) is 0. The van der Waals surface area contributed by atoms with Crippen LogP contribution < -0.4 is 5.73 Å². The third-order valence-electron chi connectivity index (χ3n) is 1.83. The van der Waals surface area contributed by atoms with Gasteiger partial charge in [0.2, 0.25) is 0 Å². The summed E-state index contributed by atoms with van der Waals surface area (Å²) in [5, 5.41) is 0. The summed E-state index contributed by atoms with van der Waals surface area (Å²) in [6.45, 7) is 7.05. The molecular weight excluding hydrogens is 164 g/mol. The fourth-order valence-electron chi connectivity index (χ4n) is 1.09. The van der Waals surface area contributed by atoms with Crippen molar-refractivity contribution in [2.75, 3.05) is 5.73 Å². The zero-order valence-corrected chi connectivity index (χ0v) is 7.79. The van der Waals surface area contributed by atoms with Crippen molar-refractivity contribution in [3.8, 4) is 0 Å². The Morgan fingerprint density at radius 2 is 1.92 bits per heavy atom. The highest BCUT2D eigenvalue weighted by Crippen LogP contribution is 2.22. The van der Waals surface area contributed by atoms with E-state index in [9.17, 15) is 4.79 Å². The van der Waals surface area contributed by atoms with E-state index in [4.69, 9.17) is 5.73 Å². The summed E-state index contributed by atoms with van der Waals surface area (Å²) in [5.74, 6) is -0.0758. The van der Waals surface area contributed by atoms with Crippen LogP contribution in [0.25, 0.3) is 5.57 Å². The SMILES string of the molecule is C=C(C)c1cncc(C(C)=O)c1N. The van der Waals surface area contributed by atoms with E-state index >= 15 is 0 Å². The van der Waals surface area contributed by atoms with Crippen molar-refractivity contribution in [1.29, 1.82) is 0 Å². The average molecular weight is 176 g/mol. The van der Waals surface area contributed by atoms with Crippen LogP contribution in [0.1, 0.15) is 29.8 Å². The van der Waals surface area contributed by atoms with Gasteiger partial charge in [0, 0.05) is 18.0 Å². The quantitative estimate of drug-likeness (QED) is 0.700. The molecular formula is C10H12N2O. The molecule has 1 aromatic rings. The lowest BCUT2D eigenvalue weighted by molar-refractivity contribution is 0.101. The minimum atomic E-state index is -0.0758. The molecule has 0 atom stereocenters. The summed E-state index contributed by atoms with van der Waals surface area (Å²) in [4.78, 5) is 15.0. The molecule has 0 amide bonds. The number of carbonyl (C=O) groups is 1. The molecule has 0 aliphatic rings. The molecule has 13 heavy (non-hydrogen) atoms. The van der Waals surface area contributed by atoms with Gasteiger partial charge < -0.3 is 5.73 Å². The van der Waals surface area contributed by atoms with Gasteiger partial charge in [-0.15, -0.1) is 0 Å². The molecule has 0 aliphatic heterocycles. The highest BCUT2D eigenvalue weighted by molar-refractivity contribution is 6.00. The molecule has 0 spiro atoms. The molecule has 0 unspecified atom stereocenters. The first-order chi connectivity index (χ1) is 6.04. The maximum atomic E-state index is 11.1. The summed E-state index contributed by atoms with van der Waals surface area (Å²) in [6, 6.07) is 0. The first-order valence-corrected chi connectivity index (χ1v) is 3.94. The van der Waals surface area contributed by atoms with Gasteiger partial charge in [0.25, 0.3) is 0 Å². The first kappa shape index (κ1) is 9.45. The minimum Gasteiger partial charge on any atom is -0.398 e. The standard InChI is InChI=1S/C10H12N2O/c1-6(2)8-4-12-5-9(7(3)13)10(8)11/h4-5H,1H2,2-3H3,(H2,11,12). The third kappa shape index (κ3) is 1.75. The Hall–Kier alpha value is -1.64. The number of ketones is 1. The van der Waals surface area contributed by atoms with E-state index in [1.54, 1.807) is 6.20 Å². The molecule has 68 valence electrons. The maximum Gasteiger partial charge on any atom is 0.163 e. The van der Waals surface area contributed by atoms with Gasteiger partial charge >= 0.3 is 0 Å². The number of anilines is 1. The molecule has 0 saturated heterocycles. The summed E-state index contributed by atoms with van der Waals surface area (Å²) in [5.41, 5.74) is 8.25. The van der Waals surface area contributed by atoms with Gasteiger partial charge in [0.05, 0.1) is 11.3 Å². The lowest BCUT2D eigenvalue weighted by Gasteiger charge is -2.06. The van der Waals surface area contributed by atoms with Crippen LogP contribution in [0.4, 0.5) is 5.69 Å². The van der Waals surface area contributed by atoms with E-state index in [1.165, 1.54) is 13.1 Å². The second-order valence-electron chi connectivity index (χ2n) is 2.98. The Labute approximate surface area is 77.3 Å². The van der Waals surface area contributed by atoms with Crippen LogP contribution in [0.15, 0.2) is 19.0 Å². The first-order valence-electron chi connectivity index (χ1n) is 3.94. The van der Waals surface area contributed by atoms with Crippen molar-refractivity contribution < 1.29 is 4.79 Å². The van der Waals surface area contributed by atoms with Crippen LogP contribution in [0, 0.1) is 0 Å². The van der Waals surface area contributed by atoms with Crippen molar-refractivity contribution in [3.05, 3.63) is 30.1 Å². The predicted molar refractivity (Wildman–Crippen MR) is 53.4 cm³/mol. The Morgan fingerprint density at radius 1 is 1.38 bits per heavy atom. The molecule has 0 bridgehead atoms. The Kier molecular flexibility index (Phi) is 2.46. The summed E-state index contributed by atoms with van der Waals surface area (Å²) in [6.07, 6.45) is 3.09. The number of hydrogen-bond donors (Lipinski definition) is 1. The van der Waals surface area contributed by atoms with Crippen LogP contribution in [0.2, 0.25) is 0 Å². The molecule has 3 heteroatoms. The van der Waals surface area contributed by atoms with Gasteiger partial charge in [0.1, 0.15) is 0 Å². The van der Waals surface area contributed by atoms with E-state index in [1.807, 2.05) is 6.92 Å². The number of aromatic nitrogens is 1. The number of nitrogens with two attached hydrogens (primary N) is 1. The van der Waals surface area contributed by atoms with Crippen LogP contribution >= 0.6 is 0 Å². The van der Waals surface area contributed by atoms with Crippen molar-refractivity contribution >= 4 is 17.0 Å². The molecule has 3 nitrogen and oxygen atoms in total. The van der Waals surface area contributed by atoms with E-state index in [-0.39, 0.29) is 5.78 Å². The monoisotopic (exact) mass is 176 g/mol. The van der Waals surface area contributed by atoms with Gasteiger partial charge in [-0.1, -0.05) is 6.58 Å². The lowest BCUT2D eigenvalue weighted by Crippen LogP contribution is -2.03. The van der Waals surface area contributed by atoms with Crippen molar-refractivity contribution in [1.82, 2.24) is 4.98 Å². The number of pyridine rings is 1. The zero-order chi connectivity index (χ0) is 10.0. The Balaban J connectivity index is 3.35. The van der Waals surface area contributed by atoms with Crippen molar-refractivity contribution in [2.24, 2.45) is 0 Å². The number of Topliss-reactive ketones (excluding diaryl/α,β-unsaturated/α-hetero) is 1. The smallest absolute Gasteiger partial charge is 0.163 e. The fourth-order valence-corrected chi connectivity index (χ4v) is 1.09. The fraction of sp³-hybridized carbons (Fsp3) is 0.200. The van der Waals surface area contributed by atoms with E-state index in [2.05, 4.69) is 11.6 Å². The van der Waals surface area contributed by atoms with Crippen LogP contribution in [-0.2, 0) is 0 Å². The number of nitrogens with zero attached hydrogens (tertiary/aromatic N) is 1. The maximum absolute atomic E-state index is 11.1. The lowest BCUT2D eigenvalue weighted by atomic mass is 10.0. The number of rotatable bonds is 2. The summed E-state index contributed by atoms with van der Waals surface area (Å²) < 4.78 is 0. The Bertz CT molecular complexity index is 337. The van der Waals surface area contributed by atoms with Gasteiger partial charge in [-0.2, -0.15) is 0 Å². The van der Waals surface area contributed by atoms with Crippen LogP contribution in [0.3, 0.4) is 0 Å². The molecule has 0 saturated carbocycles. The second kappa shape index (κ2) is 3.39. The number of nitrogen functional groups attached to an aromatic ring is 1. The van der Waals surface area contributed by atoms with E-state index in [0.29, 0.717) is 11.3 Å². The third-order valence-corrected chi connectivity index (χ3v) is 1.83. The largest absolute Gasteiger partial charge is 0.398 e. The topological polar surface area (TPSA) is 56.0 Å².